The molecule has 1 aromatic rings. The van der Waals surface area contributed by atoms with Crippen molar-refractivity contribution in [2.75, 3.05) is 13.2 Å². The van der Waals surface area contributed by atoms with Crippen molar-refractivity contribution in [2.24, 2.45) is 0 Å². The van der Waals surface area contributed by atoms with Crippen LogP contribution in [0, 0.1) is 12.7 Å². The summed E-state index contributed by atoms with van der Waals surface area (Å²) in [5, 5.41) is 9.13. The van der Waals surface area contributed by atoms with Gasteiger partial charge in [-0.1, -0.05) is 13.8 Å². The van der Waals surface area contributed by atoms with Crippen LogP contribution < -0.4 is 0 Å². The van der Waals surface area contributed by atoms with Crippen molar-refractivity contribution in [3.05, 3.63) is 35.1 Å². The summed E-state index contributed by atoms with van der Waals surface area (Å²) in [4.78, 5) is 14.2. The molecule has 0 saturated carbocycles. The van der Waals surface area contributed by atoms with Gasteiger partial charge in [0, 0.05) is 18.2 Å². The van der Waals surface area contributed by atoms with Gasteiger partial charge in [0.05, 0.1) is 6.61 Å². The summed E-state index contributed by atoms with van der Waals surface area (Å²) in [5.74, 6) is -0.481. The summed E-state index contributed by atoms with van der Waals surface area (Å²) >= 11 is 0. The number of aliphatic hydroxyl groups excluding tert-OH is 1. The van der Waals surface area contributed by atoms with E-state index < -0.39 is 0 Å². The lowest BCUT2D eigenvalue weighted by molar-refractivity contribution is 0.0621. The molecule has 0 bridgehead atoms. The second-order valence-electron chi connectivity index (χ2n) is 4.65. The zero-order chi connectivity index (χ0) is 14.4. The fourth-order valence-electron chi connectivity index (χ4n) is 2.31. The van der Waals surface area contributed by atoms with Crippen molar-refractivity contribution >= 4 is 5.91 Å². The van der Waals surface area contributed by atoms with Gasteiger partial charge in [-0.15, -0.1) is 0 Å². The molecule has 19 heavy (non-hydrogen) atoms. The predicted octanol–water partition coefficient (Wildman–Crippen LogP) is 2.76. The topological polar surface area (TPSA) is 40.5 Å². The Morgan fingerprint density at radius 2 is 2.00 bits per heavy atom. The van der Waals surface area contributed by atoms with Gasteiger partial charge in [0.2, 0.25) is 0 Å². The van der Waals surface area contributed by atoms with E-state index in [-0.39, 0.29) is 24.4 Å². The molecule has 1 aromatic carbocycles. The zero-order valence-electron chi connectivity index (χ0n) is 11.8. The van der Waals surface area contributed by atoms with E-state index in [1.54, 1.807) is 11.8 Å². The number of carbonyl (C=O) groups is 1. The van der Waals surface area contributed by atoms with Crippen molar-refractivity contribution in [3.8, 4) is 0 Å². The van der Waals surface area contributed by atoms with Crippen molar-refractivity contribution < 1.29 is 14.3 Å². The Hall–Kier alpha value is -1.42. The lowest BCUT2D eigenvalue weighted by Gasteiger charge is -2.30. The Kier molecular flexibility index (Phi) is 5.96. The number of halogens is 1. The lowest BCUT2D eigenvalue weighted by atomic mass is 10.0. The van der Waals surface area contributed by atoms with Gasteiger partial charge in [-0.2, -0.15) is 0 Å². The Bertz CT molecular complexity index is 430. The Morgan fingerprint density at radius 1 is 1.37 bits per heavy atom. The molecule has 0 aliphatic heterocycles. The molecule has 0 heterocycles. The van der Waals surface area contributed by atoms with Crippen LogP contribution in [0.15, 0.2) is 18.2 Å². The number of rotatable bonds is 6. The summed E-state index contributed by atoms with van der Waals surface area (Å²) in [6.45, 7) is 6.00. The first-order chi connectivity index (χ1) is 9.04. The number of amides is 1. The standard InChI is InChI=1S/C15H22FNO2/c1-4-13(5-2)17(8-9-18)15(19)14-7-6-12(16)10-11(14)3/h6-7,10,13,18H,4-5,8-9H2,1-3H3. The van der Waals surface area contributed by atoms with Gasteiger partial charge in [0.1, 0.15) is 5.82 Å². The molecule has 106 valence electrons. The average Bonchev–Trinajstić information content (AvgIpc) is 2.38. The number of hydrogen-bond acceptors (Lipinski definition) is 2. The number of benzene rings is 1. The van der Waals surface area contributed by atoms with E-state index in [0.29, 0.717) is 17.7 Å². The van der Waals surface area contributed by atoms with Crippen molar-refractivity contribution in [1.82, 2.24) is 4.90 Å². The highest BCUT2D eigenvalue weighted by atomic mass is 19.1. The molecular weight excluding hydrogens is 245 g/mol. The van der Waals surface area contributed by atoms with Crippen LogP contribution >= 0.6 is 0 Å². The second-order valence-corrected chi connectivity index (χ2v) is 4.65. The molecular formula is C15H22FNO2. The minimum atomic E-state index is -0.342. The number of aryl methyl sites for hydroxylation is 1. The van der Waals surface area contributed by atoms with Crippen molar-refractivity contribution in [3.63, 3.8) is 0 Å². The summed E-state index contributed by atoms with van der Waals surface area (Å²) in [7, 11) is 0. The van der Waals surface area contributed by atoms with Crippen LogP contribution in [0.1, 0.15) is 42.6 Å². The first kappa shape index (κ1) is 15.6. The molecule has 0 radical (unpaired) electrons. The maximum Gasteiger partial charge on any atom is 0.254 e. The molecule has 0 saturated heterocycles. The van der Waals surface area contributed by atoms with Gasteiger partial charge in [0.25, 0.3) is 5.91 Å². The van der Waals surface area contributed by atoms with Gasteiger partial charge in [0.15, 0.2) is 0 Å². The van der Waals surface area contributed by atoms with Crippen LogP contribution in [0.4, 0.5) is 4.39 Å². The number of nitrogens with zero attached hydrogens (tertiary/aromatic N) is 1. The van der Waals surface area contributed by atoms with Gasteiger partial charge >= 0.3 is 0 Å². The third kappa shape index (κ3) is 3.77. The third-order valence-corrected chi connectivity index (χ3v) is 3.40. The Morgan fingerprint density at radius 3 is 2.47 bits per heavy atom. The van der Waals surface area contributed by atoms with Gasteiger partial charge in [-0.05, 0) is 43.5 Å². The summed E-state index contributed by atoms with van der Waals surface area (Å²) in [6, 6.07) is 4.27. The minimum absolute atomic E-state index is 0.0670. The molecule has 0 aliphatic rings. The van der Waals surface area contributed by atoms with E-state index in [1.165, 1.54) is 18.2 Å². The molecule has 0 spiro atoms. The molecule has 0 atom stereocenters. The van der Waals surface area contributed by atoms with Crippen LogP contribution in [0.5, 0.6) is 0 Å². The maximum absolute atomic E-state index is 13.1. The molecule has 1 N–H and O–H groups in total. The quantitative estimate of drug-likeness (QED) is 0.861. The largest absolute Gasteiger partial charge is 0.395 e. The lowest BCUT2D eigenvalue weighted by Crippen LogP contribution is -2.41. The second kappa shape index (κ2) is 7.24. The highest BCUT2D eigenvalue weighted by molar-refractivity contribution is 5.95. The smallest absolute Gasteiger partial charge is 0.254 e. The first-order valence-electron chi connectivity index (χ1n) is 6.73. The minimum Gasteiger partial charge on any atom is -0.395 e. The fourth-order valence-corrected chi connectivity index (χ4v) is 2.31. The van der Waals surface area contributed by atoms with E-state index in [0.717, 1.165) is 12.8 Å². The van der Waals surface area contributed by atoms with Crippen LogP contribution in [0.2, 0.25) is 0 Å². The van der Waals surface area contributed by atoms with Crippen LogP contribution in [0.3, 0.4) is 0 Å². The van der Waals surface area contributed by atoms with Gasteiger partial charge in [-0.3, -0.25) is 4.79 Å². The van der Waals surface area contributed by atoms with E-state index in [4.69, 9.17) is 5.11 Å². The van der Waals surface area contributed by atoms with E-state index in [1.807, 2.05) is 13.8 Å². The number of hydrogen-bond donors (Lipinski definition) is 1. The molecule has 3 nitrogen and oxygen atoms in total. The molecule has 0 aliphatic carbocycles. The van der Waals surface area contributed by atoms with Crippen LogP contribution in [-0.2, 0) is 0 Å². The zero-order valence-corrected chi connectivity index (χ0v) is 11.8. The maximum atomic E-state index is 13.1. The normalized spacial score (nSPS) is 10.8. The Labute approximate surface area is 114 Å². The Balaban J connectivity index is 3.04. The van der Waals surface area contributed by atoms with E-state index >= 15 is 0 Å². The molecule has 4 heteroatoms. The predicted molar refractivity (Wildman–Crippen MR) is 73.6 cm³/mol. The van der Waals surface area contributed by atoms with Gasteiger partial charge in [-0.25, -0.2) is 4.39 Å². The highest BCUT2D eigenvalue weighted by Crippen LogP contribution is 2.17. The first-order valence-corrected chi connectivity index (χ1v) is 6.73. The monoisotopic (exact) mass is 267 g/mol. The number of aliphatic hydroxyl groups is 1. The summed E-state index contributed by atoms with van der Waals surface area (Å²) in [5.41, 5.74) is 1.13. The van der Waals surface area contributed by atoms with Crippen LogP contribution in [-0.4, -0.2) is 35.1 Å². The van der Waals surface area contributed by atoms with Crippen molar-refractivity contribution in [2.45, 2.75) is 39.7 Å². The van der Waals surface area contributed by atoms with Crippen molar-refractivity contribution in [1.29, 1.82) is 0 Å². The van der Waals surface area contributed by atoms with E-state index in [2.05, 4.69) is 0 Å². The average molecular weight is 267 g/mol. The SMILES string of the molecule is CCC(CC)N(CCO)C(=O)c1ccc(F)cc1C. The van der Waals surface area contributed by atoms with Gasteiger partial charge < -0.3 is 10.0 Å². The molecule has 0 aromatic heterocycles. The molecule has 0 unspecified atom stereocenters. The number of carbonyl (C=O) groups excluding carboxylic acids is 1. The molecule has 1 amide bonds. The summed E-state index contributed by atoms with van der Waals surface area (Å²) in [6.07, 6.45) is 1.67. The third-order valence-electron chi connectivity index (χ3n) is 3.40. The summed E-state index contributed by atoms with van der Waals surface area (Å²) < 4.78 is 13.1. The van der Waals surface area contributed by atoms with Crippen LogP contribution in [0.25, 0.3) is 0 Å². The fraction of sp³-hybridized carbons (Fsp3) is 0.533. The highest BCUT2D eigenvalue weighted by Gasteiger charge is 2.23. The molecule has 1 rings (SSSR count). The van der Waals surface area contributed by atoms with E-state index in [9.17, 15) is 9.18 Å². The molecule has 0 fully saturated rings.